The molecule has 4 nitrogen and oxygen atoms in total. The molecule has 0 unspecified atom stereocenters. The molecule has 18 heavy (non-hydrogen) atoms. The van der Waals surface area contributed by atoms with E-state index in [-0.39, 0.29) is 0 Å². The molecular formula is C14H20N4. The van der Waals surface area contributed by atoms with E-state index >= 15 is 0 Å². The average Bonchev–Trinajstić information content (AvgIpc) is 2.82. The highest BCUT2D eigenvalue weighted by Gasteiger charge is 2.04. The maximum Gasteiger partial charge on any atom is 0.146 e. The van der Waals surface area contributed by atoms with Gasteiger partial charge in [0.15, 0.2) is 0 Å². The van der Waals surface area contributed by atoms with E-state index in [1.807, 2.05) is 6.07 Å². The van der Waals surface area contributed by atoms with Gasteiger partial charge in [-0.2, -0.15) is 0 Å². The molecular weight excluding hydrogens is 224 g/mol. The molecule has 0 radical (unpaired) electrons. The number of hydrogen-bond acceptors (Lipinski definition) is 3. The highest BCUT2D eigenvalue weighted by molar-refractivity contribution is 5.14. The molecule has 0 spiro atoms. The summed E-state index contributed by atoms with van der Waals surface area (Å²) in [7, 11) is 0. The Morgan fingerprint density at radius 2 is 2.00 bits per heavy atom. The van der Waals surface area contributed by atoms with Gasteiger partial charge in [-0.1, -0.05) is 44.2 Å². The van der Waals surface area contributed by atoms with Crippen LogP contribution in [0.15, 0.2) is 36.7 Å². The smallest absolute Gasteiger partial charge is 0.146 e. The fourth-order valence-electron chi connectivity index (χ4n) is 1.79. The first-order valence-corrected chi connectivity index (χ1v) is 6.39. The van der Waals surface area contributed by atoms with Gasteiger partial charge in [-0.15, -0.1) is 10.2 Å². The lowest BCUT2D eigenvalue weighted by Crippen LogP contribution is -2.24. The molecule has 0 aliphatic carbocycles. The van der Waals surface area contributed by atoms with Crippen LogP contribution in [0.3, 0.4) is 0 Å². The molecule has 0 bridgehead atoms. The first-order chi connectivity index (χ1) is 8.75. The van der Waals surface area contributed by atoms with E-state index in [1.54, 1.807) is 6.33 Å². The van der Waals surface area contributed by atoms with Gasteiger partial charge < -0.3 is 9.88 Å². The molecule has 0 atom stereocenters. The Balaban J connectivity index is 1.91. The van der Waals surface area contributed by atoms with Crippen molar-refractivity contribution in [3.8, 4) is 0 Å². The molecule has 96 valence electrons. The zero-order valence-corrected chi connectivity index (χ0v) is 11.0. The van der Waals surface area contributed by atoms with Crippen LogP contribution in [0.2, 0.25) is 0 Å². The molecule has 0 saturated carbocycles. The predicted octanol–water partition coefficient (Wildman–Crippen LogP) is 2.02. The highest BCUT2D eigenvalue weighted by atomic mass is 15.3. The third kappa shape index (κ3) is 3.67. The molecule has 2 aromatic rings. The summed E-state index contributed by atoms with van der Waals surface area (Å²) < 4.78 is 2.11. The fraction of sp³-hybridized carbons (Fsp3) is 0.429. The van der Waals surface area contributed by atoms with Crippen LogP contribution < -0.4 is 5.32 Å². The summed E-state index contributed by atoms with van der Waals surface area (Å²) in [5, 5.41) is 11.5. The topological polar surface area (TPSA) is 42.7 Å². The lowest BCUT2D eigenvalue weighted by molar-refractivity contribution is 0.543. The summed E-state index contributed by atoms with van der Waals surface area (Å²) in [4.78, 5) is 0. The van der Waals surface area contributed by atoms with Crippen molar-refractivity contribution in [2.75, 3.05) is 0 Å². The van der Waals surface area contributed by atoms with Gasteiger partial charge in [0.2, 0.25) is 0 Å². The Morgan fingerprint density at radius 1 is 1.22 bits per heavy atom. The molecule has 0 aliphatic rings. The zero-order chi connectivity index (χ0) is 12.8. The summed E-state index contributed by atoms with van der Waals surface area (Å²) in [6.07, 6.45) is 2.81. The number of rotatable bonds is 6. The van der Waals surface area contributed by atoms with Crippen LogP contribution >= 0.6 is 0 Å². The SMILES string of the molecule is CC(C)NCc1nncn1CCc1ccccc1. The van der Waals surface area contributed by atoms with E-state index in [9.17, 15) is 0 Å². The quantitative estimate of drug-likeness (QED) is 0.845. The van der Waals surface area contributed by atoms with Crippen molar-refractivity contribution in [2.24, 2.45) is 0 Å². The Kier molecular flexibility index (Phi) is 4.47. The third-order valence-corrected chi connectivity index (χ3v) is 2.85. The molecule has 0 aliphatic heterocycles. The van der Waals surface area contributed by atoms with Crippen LogP contribution in [-0.2, 0) is 19.5 Å². The number of nitrogens with zero attached hydrogens (tertiary/aromatic N) is 3. The summed E-state index contributed by atoms with van der Waals surface area (Å²) >= 11 is 0. The Hall–Kier alpha value is -1.68. The molecule has 1 aromatic heterocycles. The highest BCUT2D eigenvalue weighted by Crippen LogP contribution is 2.03. The van der Waals surface area contributed by atoms with Crippen LogP contribution in [0.1, 0.15) is 25.2 Å². The number of benzene rings is 1. The van der Waals surface area contributed by atoms with Crippen LogP contribution in [0.25, 0.3) is 0 Å². The second-order valence-corrected chi connectivity index (χ2v) is 4.71. The van der Waals surface area contributed by atoms with Gasteiger partial charge in [0.1, 0.15) is 12.2 Å². The third-order valence-electron chi connectivity index (χ3n) is 2.85. The van der Waals surface area contributed by atoms with E-state index < -0.39 is 0 Å². The number of nitrogens with one attached hydrogen (secondary N) is 1. The summed E-state index contributed by atoms with van der Waals surface area (Å²) in [6, 6.07) is 10.9. The van der Waals surface area contributed by atoms with Gasteiger partial charge in [-0.3, -0.25) is 0 Å². The largest absolute Gasteiger partial charge is 0.316 e. The normalized spacial score (nSPS) is 11.1. The van der Waals surface area contributed by atoms with Crippen LogP contribution in [0, 0.1) is 0 Å². The molecule has 2 rings (SSSR count). The van der Waals surface area contributed by atoms with Crippen molar-refractivity contribution in [3.63, 3.8) is 0 Å². The second-order valence-electron chi connectivity index (χ2n) is 4.71. The second kappa shape index (κ2) is 6.31. The fourth-order valence-corrected chi connectivity index (χ4v) is 1.79. The lowest BCUT2D eigenvalue weighted by Gasteiger charge is -2.09. The molecule has 1 N–H and O–H groups in total. The molecule has 0 fully saturated rings. The van der Waals surface area contributed by atoms with Crippen molar-refractivity contribution >= 4 is 0 Å². The zero-order valence-electron chi connectivity index (χ0n) is 11.0. The van der Waals surface area contributed by atoms with Gasteiger partial charge in [-0.25, -0.2) is 0 Å². The van der Waals surface area contributed by atoms with Crippen molar-refractivity contribution < 1.29 is 0 Å². The Bertz CT molecular complexity index is 462. The Morgan fingerprint density at radius 3 is 2.72 bits per heavy atom. The van der Waals surface area contributed by atoms with Crippen molar-refractivity contribution in [2.45, 2.75) is 39.4 Å². The summed E-state index contributed by atoms with van der Waals surface area (Å²) in [6.45, 7) is 5.95. The summed E-state index contributed by atoms with van der Waals surface area (Å²) in [5.74, 6) is 1.000. The predicted molar refractivity (Wildman–Crippen MR) is 72.1 cm³/mol. The van der Waals surface area contributed by atoms with E-state index in [4.69, 9.17) is 0 Å². The standard InChI is InChI=1S/C14H20N4/c1-12(2)15-10-14-17-16-11-18(14)9-8-13-6-4-3-5-7-13/h3-7,11-12,15H,8-10H2,1-2H3. The van der Waals surface area contributed by atoms with Gasteiger partial charge in [-0.05, 0) is 12.0 Å². The lowest BCUT2D eigenvalue weighted by atomic mass is 10.1. The van der Waals surface area contributed by atoms with Crippen LogP contribution in [-0.4, -0.2) is 20.8 Å². The Labute approximate surface area is 108 Å². The summed E-state index contributed by atoms with van der Waals surface area (Å²) in [5.41, 5.74) is 1.34. The van der Waals surface area contributed by atoms with E-state index in [0.717, 1.165) is 25.3 Å². The average molecular weight is 244 g/mol. The van der Waals surface area contributed by atoms with Gasteiger partial charge in [0.05, 0.1) is 6.54 Å². The van der Waals surface area contributed by atoms with E-state index in [2.05, 4.69) is 58.2 Å². The van der Waals surface area contributed by atoms with Crippen molar-refractivity contribution in [1.29, 1.82) is 0 Å². The van der Waals surface area contributed by atoms with E-state index in [0.29, 0.717) is 6.04 Å². The molecule has 0 amide bonds. The molecule has 1 aromatic carbocycles. The molecule has 1 heterocycles. The number of hydrogen-bond donors (Lipinski definition) is 1. The van der Waals surface area contributed by atoms with Gasteiger partial charge >= 0.3 is 0 Å². The minimum absolute atomic E-state index is 0.462. The maximum absolute atomic E-state index is 4.15. The number of aromatic nitrogens is 3. The van der Waals surface area contributed by atoms with Gasteiger partial charge in [0, 0.05) is 12.6 Å². The van der Waals surface area contributed by atoms with Crippen LogP contribution in [0.5, 0.6) is 0 Å². The van der Waals surface area contributed by atoms with Gasteiger partial charge in [0.25, 0.3) is 0 Å². The molecule has 4 heteroatoms. The van der Waals surface area contributed by atoms with Crippen molar-refractivity contribution in [3.05, 3.63) is 48.0 Å². The first kappa shape index (κ1) is 12.8. The monoisotopic (exact) mass is 244 g/mol. The van der Waals surface area contributed by atoms with E-state index in [1.165, 1.54) is 5.56 Å². The molecule has 0 saturated heterocycles. The van der Waals surface area contributed by atoms with Crippen LogP contribution in [0.4, 0.5) is 0 Å². The maximum atomic E-state index is 4.15. The first-order valence-electron chi connectivity index (χ1n) is 6.39. The minimum atomic E-state index is 0.462. The van der Waals surface area contributed by atoms with Crippen molar-refractivity contribution in [1.82, 2.24) is 20.1 Å². The number of aryl methyl sites for hydroxylation is 2. The minimum Gasteiger partial charge on any atom is -0.316 e.